The number of aromatic nitrogens is 4. The average Bonchev–Trinajstić information content (AvgIpc) is 3.12. The van der Waals surface area contributed by atoms with Gasteiger partial charge < -0.3 is 0 Å². The standard InChI is InChI=1S/C16H13Cl2N5S/c17-14-11(15(18)21-9-20-14)7-23-4-3-10-6-19-16(22-12(10)8-23)13-2-1-5-24-13/h1-2,5-6,9H,3-4,7-8H2. The van der Waals surface area contributed by atoms with Crippen molar-refractivity contribution in [2.45, 2.75) is 19.5 Å². The largest absolute Gasteiger partial charge is 0.293 e. The van der Waals surface area contributed by atoms with E-state index < -0.39 is 0 Å². The summed E-state index contributed by atoms with van der Waals surface area (Å²) in [5, 5.41) is 2.84. The molecule has 0 atom stereocenters. The second kappa shape index (κ2) is 6.72. The molecular weight excluding hydrogens is 365 g/mol. The topological polar surface area (TPSA) is 54.8 Å². The molecule has 0 fully saturated rings. The highest BCUT2D eigenvalue weighted by Crippen LogP contribution is 2.27. The first kappa shape index (κ1) is 15.9. The third-order valence-electron chi connectivity index (χ3n) is 3.99. The van der Waals surface area contributed by atoms with Gasteiger partial charge >= 0.3 is 0 Å². The van der Waals surface area contributed by atoms with E-state index in [1.165, 1.54) is 11.9 Å². The van der Waals surface area contributed by atoms with Crippen molar-refractivity contribution in [1.29, 1.82) is 0 Å². The van der Waals surface area contributed by atoms with Crippen molar-refractivity contribution in [2.75, 3.05) is 6.54 Å². The molecule has 0 N–H and O–H groups in total. The predicted molar refractivity (Wildman–Crippen MR) is 95.2 cm³/mol. The van der Waals surface area contributed by atoms with E-state index >= 15 is 0 Å². The monoisotopic (exact) mass is 377 g/mol. The normalized spacial score (nSPS) is 14.6. The van der Waals surface area contributed by atoms with Crippen molar-refractivity contribution in [1.82, 2.24) is 24.8 Å². The minimum atomic E-state index is 0.405. The maximum Gasteiger partial charge on any atom is 0.169 e. The van der Waals surface area contributed by atoms with Crippen LogP contribution in [0, 0.1) is 0 Å². The van der Waals surface area contributed by atoms with Gasteiger partial charge in [-0.3, -0.25) is 4.90 Å². The van der Waals surface area contributed by atoms with E-state index in [4.69, 9.17) is 28.2 Å². The van der Waals surface area contributed by atoms with Crippen LogP contribution in [0.3, 0.4) is 0 Å². The molecule has 0 aliphatic carbocycles. The van der Waals surface area contributed by atoms with E-state index in [0.717, 1.165) is 41.5 Å². The van der Waals surface area contributed by atoms with Gasteiger partial charge in [0.25, 0.3) is 0 Å². The number of nitrogens with zero attached hydrogens (tertiary/aromatic N) is 5. The van der Waals surface area contributed by atoms with Crippen LogP contribution in [0.25, 0.3) is 10.7 Å². The van der Waals surface area contributed by atoms with Crippen molar-refractivity contribution in [3.8, 4) is 10.7 Å². The van der Waals surface area contributed by atoms with Crippen LogP contribution >= 0.6 is 34.5 Å². The summed E-state index contributed by atoms with van der Waals surface area (Å²) in [6.45, 7) is 2.24. The Morgan fingerprint density at radius 3 is 2.75 bits per heavy atom. The van der Waals surface area contributed by atoms with Gasteiger partial charge in [-0.1, -0.05) is 29.3 Å². The van der Waals surface area contributed by atoms with E-state index in [0.29, 0.717) is 16.9 Å². The lowest BCUT2D eigenvalue weighted by Crippen LogP contribution is -2.31. The van der Waals surface area contributed by atoms with E-state index in [2.05, 4.69) is 19.9 Å². The van der Waals surface area contributed by atoms with E-state index in [-0.39, 0.29) is 0 Å². The molecule has 0 aromatic carbocycles. The van der Waals surface area contributed by atoms with Gasteiger partial charge in [0.05, 0.1) is 10.6 Å². The van der Waals surface area contributed by atoms with Crippen molar-refractivity contribution in [3.63, 3.8) is 0 Å². The zero-order valence-electron chi connectivity index (χ0n) is 12.6. The van der Waals surface area contributed by atoms with E-state index in [1.54, 1.807) is 11.3 Å². The van der Waals surface area contributed by atoms with Gasteiger partial charge in [-0.15, -0.1) is 11.3 Å². The molecule has 4 heterocycles. The summed E-state index contributed by atoms with van der Waals surface area (Å²) < 4.78 is 0. The highest BCUT2D eigenvalue weighted by molar-refractivity contribution is 7.13. The fourth-order valence-corrected chi connectivity index (χ4v) is 3.84. The maximum absolute atomic E-state index is 6.16. The number of fused-ring (bicyclic) bond motifs is 1. The molecule has 24 heavy (non-hydrogen) atoms. The molecule has 0 saturated heterocycles. The molecule has 1 aliphatic rings. The number of hydrogen-bond acceptors (Lipinski definition) is 6. The number of rotatable bonds is 3. The summed E-state index contributed by atoms with van der Waals surface area (Å²) in [5.74, 6) is 0.782. The minimum absolute atomic E-state index is 0.405. The maximum atomic E-state index is 6.16. The summed E-state index contributed by atoms with van der Waals surface area (Å²) in [6, 6.07) is 4.04. The first-order valence-corrected chi connectivity index (χ1v) is 9.10. The second-order valence-corrected chi connectivity index (χ2v) is 7.20. The second-order valence-electron chi connectivity index (χ2n) is 5.54. The quantitative estimate of drug-likeness (QED) is 0.648. The fraction of sp³-hybridized carbons (Fsp3) is 0.250. The summed E-state index contributed by atoms with van der Waals surface area (Å²) in [4.78, 5) is 20.6. The molecule has 0 radical (unpaired) electrons. The smallest absolute Gasteiger partial charge is 0.169 e. The molecule has 4 rings (SSSR count). The minimum Gasteiger partial charge on any atom is -0.293 e. The number of hydrogen-bond donors (Lipinski definition) is 0. The Hall–Kier alpha value is -1.60. The van der Waals surface area contributed by atoms with Crippen LogP contribution in [0.2, 0.25) is 10.3 Å². The van der Waals surface area contributed by atoms with E-state index in [1.807, 2.05) is 23.7 Å². The highest BCUT2D eigenvalue weighted by Gasteiger charge is 2.21. The molecular formula is C16H13Cl2N5S. The van der Waals surface area contributed by atoms with Gasteiger partial charge in [-0.2, -0.15) is 0 Å². The van der Waals surface area contributed by atoms with Gasteiger partial charge in [0.15, 0.2) is 5.82 Å². The van der Waals surface area contributed by atoms with Crippen LogP contribution in [0.4, 0.5) is 0 Å². The molecule has 5 nitrogen and oxygen atoms in total. The third-order valence-corrected chi connectivity index (χ3v) is 5.51. The Morgan fingerprint density at radius 1 is 1.17 bits per heavy atom. The van der Waals surface area contributed by atoms with Crippen molar-refractivity contribution in [2.24, 2.45) is 0 Å². The van der Waals surface area contributed by atoms with Crippen molar-refractivity contribution in [3.05, 3.63) is 57.2 Å². The molecule has 0 saturated carbocycles. The van der Waals surface area contributed by atoms with Gasteiger partial charge in [-0.05, 0) is 23.4 Å². The Bertz CT molecular complexity index is 849. The first-order valence-electron chi connectivity index (χ1n) is 7.46. The SMILES string of the molecule is Clc1ncnc(Cl)c1CN1CCc2cnc(-c3cccs3)nc2C1. The van der Waals surface area contributed by atoms with Crippen LogP contribution in [0.5, 0.6) is 0 Å². The van der Waals surface area contributed by atoms with Gasteiger partial charge in [0, 0.05) is 31.4 Å². The van der Waals surface area contributed by atoms with Crippen LogP contribution < -0.4 is 0 Å². The van der Waals surface area contributed by atoms with Crippen molar-refractivity contribution < 1.29 is 0 Å². The lowest BCUT2D eigenvalue weighted by Gasteiger charge is -2.28. The predicted octanol–water partition coefficient (Wildman–Crippen LogP) is 3.86. The average molecular weight is 378 g/mol. The molecule has 0 amide bonds. The molecule has 3 aromatic rings. The van der Waals surface area contributed by atoms with Crippen LogP contribution in [0.1, 0.15) is 16.8 Å². The molecule has 0 unspecified atom stereocenters. The fourth-order valence-electron chi connectivity index (χ4n) is 2.74. The highest BCUT2D eigenvalue weighted by atomic mass is 35.5. The summed E-state index contributed by atoms with van der Waals surface area (Å²) >= 11 is 14.0. The lowest BCUT2D eigenvalue weighted by molar-refractivity contribution is 0.241. The molecule has 3 aromatic heterocycles. The van der Waals surface area contributed by atoms with Crippen LogP contribution in [-0.4, -0.2) is 31.4 Å². The van der Waals surface area contributed by atoms with Gasteiger partial charge in [-0.25, -0.2) is 19.9 Å². The molecule has 0 bridgehead atoms. The van der Waals surface area contributed by atoms with Gasteiger partial charge in [0.2, 0.25) is 0 Å². The summed E-state index contributed by atoms with van der Waals surface area (Å²) in [5.41, 5.74) is 3.02. The zero-order valence-corrected chi connectivity index (χ0v) is 14.9. The van der Waals surface area contributed by atoms with E-state index in [9.17, 15) is 0 Å². The first-order chi connectivity index (χ1) is 11.7. The number of halogens is 2. The summed E-state index contributed by atoms with van der Waals surface area (Å²) in [6.07, 6.45) is 4.23. The molecule has 1 aliphatic heterocycles. The Morgan fingerprint density at radius 2 is 2.00 bits per heavy atom. The van der Waals surface area contributed by atoms with Crippen LogP contribution in [-0.2, 0) is 19.5 Å². The zero-order chi connectivity index (χ0) is 16.5. The molecule has 0 spiro atoms. The Labute approximate surface area is 153 Å². The lowest BCUT2D eigenvalue weighted by atomic mass is 10.1. The number of thiophene rings is 1. The molecule has 8 heteroatoms. The van der Waals surface area contributed by atoms with Gasteiger partial charge in [0.1, 0.15) is 16.6 Å². The van der Waals surface area contributed by atoms with Crippen molar-refractivity contribution >= 4 is 34.5 Å². The summed E-state index contributed by atoms with van der Waals surface area (Å²) in [7, 11) is 0. The molecule has 122 valence electrons. The Balaban J connectivity index is 1.58. The Kier molecular flexibility index (Phi) is 4.45. The third kappa shape index (κ3) is 3.15. The van der Waals surface area contributed by atoms with Crippen LogP contribution in [0.15, 0.2) is 30.0 Å².